The molecule has 1 unspecified atom stereocenters. The molecule has 0 amide bonds. The van der Waals surface area contributed by atoms with E-state index in [1.165, 1.54) is 12.5 Å². The molecule has 1 aromatic carbocycles. The Labute approximate surface area is 452 Å². The van der Waals surface area contributed by atoms with E-state index in [2.05, 4.69) is 70.6 Å². The first-order valence-electron chi connectivity index (χ1n) is 28.0. The number of cyclic esters (lactones) is 1. The van der Waals surface area contributed by atoms with Gasteiger partial charge in [-0.25, -0.2) is 4.68 Å². The number of hydrogen-bond acceptors (Lipinski definition) is 17. The average Bonchev–Trinajstić information content (AvgIpc) is 4.06. The highest BCUT2D eigenvalue weighted by molar-refractivity contribution is 5.73. The number of esters is 1. The van der Waals surface area contributed by atoms with Crippen molar-refractivity contribution in [2.24, 2.45) is 23.7 Å². The molecule has 18 atom stereocenters. The lowest BCUT2D eigenvalue weighted by molar-refractivity contribution is -0.302. The van der Waals surface area contributed by atoms with E-state index in [1.807, 2.05) is 75.4 Å². The molecule has 19 nitrogen and oxygen atoms in total. The van der Waals surface area contributed by atoms with E-state index >= 15 is 0 Å². The number of carbonyl (C=O) groups excluding carboxylic acids is 1. The van der Waals surface area contributed by atoms with Gasteiger partial charge in [-0.3, -0.25) is 9.48 Å². The summed E-state index contributed by atoms with van der Waals surface area (Å²) in [5.74, 6) is -3.09. The zero-order valence-corrected chi connectivity index (χ0v) is 48.7. The van der Waals surface area contributed by atoms with Crippen molar-refractivity contribution in [1.29, 1.82) is 0 Å². The first kappa shape index (κ1) is 61.7. The molecule has 76 heavy (non-hydrogen) atoms. The fourth-order valence-corrected chi connectivity index (χ4v) is 12.4. The standard InChI is InChI=1S/C57H96N8O11/c1-17-46-57(13,71)49(67)38(6)63(15)31-34(2)29-55(11,70)51(36(4)47(37(5)52(69)75-46)44-30-56(12,72-16)50(68)39(7)74-44)76-53-48(66)43(28-35(3)73-53)62(14)27-25-41-32-64(60-58-41)26-19-18-20-40-21-23-42(24-22-40)65-33-45(59-61-65)54(8,9)10/h21-24,32-39,43-44,46-51,53,66-68,70-71H,17-20,25-31H2,1-16H3/t34-,35-,36+,37-,38-,39+,43+,44?,46-,47+,48-,49-,50+,51-,53+,55-,56-,57-/m1/s1. The number of rotatable bonds is 15. The average molecular weight is 1070 g/mol. The molecular weight excluding hydrogens is 973 g/mol. The molecule has 19 heteroatoms. The van der Waals surface area contributed by atoms with Gasteiger partial charge in [0.1, 0.15) is 30.0 Å². The monoisotopic (exact) mass is 1070 g/mol. The van der Waals surface area contributed by atoms with Crippen LogP contribution in [0.3, 0.4) is 0 Å². The zero-order valence-electron chi connectivity index (χ0n) is 48.7. The Morgan fingerprint density at radius 1 is 0.895 bits per heavy atom. The van der Waals surface area contributed by atoms with Crippen LogP contribution >= 0.6 is 0 Å². The van der Waals surface area contributed by atoms with Crippen LogP contribution in [0.1, 0.15) is 145 Å². The predicted octanol–water partition coefficient (Wildman–Crippen LogP) is 5.28. The molecule has 3 fully saturated rings. The first-order valence-corrected chi connectivity index (χ1v) is 28.0. The van der Waals surface area contributed by atoms with Gasteiger partial charge in [-0.2, -0.15) is 0 Å². The van der Waals surface area contributed by atoms with Crippen LogP contribution in [0.4, 0.5) is 0 Å². The van der Waals surface area contributed by atoms with Crippen molar-refractivity contribution in [2.75, 3.05) is 34.3 Å². The third kappa shape index (κ3) is 14.5. The lowest BCUT2D eigenvalue weighted by Crippen LogP contribution is -2.62. The lowest BCUT2D eigenvalue weighted by atomic mass is 9.68. The van der Waals surface area contributed by atoms with Crippen molar-refractivity contribution in [3.63, 3.8) is 0 Å². The molecule has 2 aromatic heterocycles. The number of nitrogens with zero attached hydrogens (tertiary/aromatic N) is 8. The minimum atomic E-state index is -1.81. The molecule has 0 aliphatic carbocycles. The van der Waals surface area contributed by atoms with E-state index < -0.39 is 95.6 Å². The third-order valence-electron chi connectivity index (χ3n) is 17.3. The summed E-state index contributed by atoms with van der Waals surface area (Å²) < 4.78 is 36.0. The summed E-state index contributed by atoms with van der Waals surface area (Å²) in [5, 5.41) is 77.8. The Balaban J connectivity index is 1.17. The fourth-order valence-electron chi connectivity index (χ4n) is 12.4. The largest absolute Gasteiger partial charge is 0.459 e. The van der Waals surface area contributed by atoms with Gasteiger partial charge >= 0.3 is 5.97 Å². The van der Waals surface area contributed by atoms with Crippen molar-refractivity contribution in [3.05, 3.63) is 53.6 Å². The third-order valence-corrected chi connectivity index (χ3v) is 17.3. The summed E-state index contributed by atoms with van der Waals surface area (Å²) >= 11 is 0. The van der Waals surface area contributed by atoms with E-state index in [1.54, 1.807) is 34.8 Å². The van der Waals surface area contributed by atoms with Gasteiger partial charge in [0.2, 0.25) is 0 Å². The SMILES string of the molecule is CC[C@H]1OC(=O)[C@H](C)[C@@H](C2C[C@@](C)(OC)[C@@H](O)[C@H](C)O2)[C@H](C)[C@@H](O[C@@H]2O[C@H](C)C[C@H](N(C)CCc3cn(CCCCc4ccc(-n5cc(C(C)(C)C)nn5)cc4)nn3)[C@H]2O)[C@](C)(O)C[C@@H](C)CN(C)[C@H](C)[C@@H](O)[C@]1(C)O. The summed E-state index contributed by atoms with van der Waals surface area (Å²) in [5.41, 5.74) is -0.463. The number of unbranched alkanes of at least 4 members (excludes halogenated alkanes) is 1. The number of aryl methyl sites for hydroxylation is 2. The van der Waals surface area contributed by atoms with Gasteiger partial charge in [0, 0.05) is 69.2 Å². The minimum Gasteiger partial charge on any atom is -0.459 e. The predicted molar refractivity (Wildman–Crippen MR) is 288 cm³/mol. The van der Waals surface area contributed by atoms with Gasteiger partial charge in [-0.15, -0.1) is 10.2 Å². The molecule has 5 heterocycles. The molecule has 3 saturated heterocycles. The normalized spacial score (nSPS) is 37.9. The van der Waals surface area contributed by atoms with Gasteiger partial charge in [0.15, 0.2) is 6.29 Å². The Kier molecular flexibility index (Phi) is 20.6. The molecule has 3 aromatic rings. The van der Waals surface area contributed by atoms with E-state index in [0.717, 1.165) is 42.9 Å². The molecule has 430 valence electrons. The summed E-state index contributed by atoms with van der Waals surface area (Å²) in [6.45, 7) is 26.2. The second kappa shape index (κ2) is 25.3. The number of likely N-dealkylation sites (N-methyl/N-ethyl adjacent to an activating group) is 2. The summed E-state index contributed by atoms with van der Waals surface area (Å²) in [4.78, 5) is 18.7. The van der Waals surface area contributed by atoms with Gasteiger partial charge in [-0.05, 0) is 124 Å². The second-order valence-corrected chi connectivity index (χ2v) is 24.9. The molecule has 0 spiro atoms. The topological polar surface area (TPSA) is 232 Å². The molecule has 3 aliphatic rings. The lowest BCUT2D eigenvalue weighted by Gasteiger charge is -2.51. The summed E-state index contributed by atoms with van der Waals surface area (Å²) in [6, 6.07) is 7.52. The Bertz CT molecular complexity index is 2290. The van der Waals surface area contributed by atoms with E-state index in [9.17, 15) is 30.3 Å². The molecule has 3 aliphatic heterocycles. The Hall–Kier alpha value is -3.47. The minimum absolute atomic E-state index is 0.0649. The van der Waals surface area contributed by atoms with Gasteiger partial charge < -0.3 is 59.0 Å². The maximum Gasteiger partial charge on any atom is 0.309 e. The molecule has 5 N–H and O–H groups in total. The quantitative estimate of drug-likeness (QED) is 0.0963. The highest BCUT2D eigenvalue weighted by Crippen LogP contribution is 2.45. The Morgan fingerprint density at radius 2 is 1.58 bits per heavy atom. The van der Waals surface area contributed by atoms with Crippen molar-refractivity contribution in [1.82, 2.24) is 39.8 Å². The highest BCUT2D eigenvalue weighted by Gasteiger charge is 2.55. The second-order valence-electron chi connectivity index (χ2n) is 24.9. The maximum absolute atomic E-state index is 14.6. The number of aliphatic hydroxyl groups excluding tert-OH is 3. The van der Waals surface area contributed by atoms with Crippen LogP contribution < -0.4 is 0 Å². The summed E-state index contributed by atoms with van der Waals surface area (Å²) in [6.07, 6.45) is 0.250. The number of aliphatic hydroxyl groups is 5. The fraction of sp³-hybridized carbons (Fsp3) is 0.807. The van der Waals surface area contributed by atoms with Crippen LogP contribution in [-0.4, -0.2) is 190 Å². The van der Waals surface area contributed by atoms with Crippen molar-refractivity contribution < 1.29 is 54.0 Å². The van der Waals surface area contributed by atoms with Crippen molar-refractivity contribution in [3.8, 4) is 5.69 Å². The van der Waals surface area contributed by atoms with Crippen LogP contribution in [0, 0.1) is 23.7 Å². The number of aromatic nitrogens is 6. The maximum atomic E-state index is 14.6. The van der Waals surface area contributed by atoms with Gasteiger partial charge in [0.25, 0.3) is 0 Å². The molecule has 0 saturated carbocycles. The number of methoxy groups -OCH3 is 1. The van der Waals surface area contributed by atoms with E-state index in [-0.39, 0.29) is 42.7 Å². The van der Waals surface area contributed by atoms with Crippen molar-refractivity contribution >= 4 is 5.97 Å². The number of hydrogen-bond donors (Lipinski definition) is 5. The van der Waals surface area contributed by atoms with Gasteiger partial charge in [-0.1, -0.05) is 71.0 Å². The van der Waals surface area contributed by atoms with E-state index in [0.29, 0.717) is 25.9 Å². The number of ether oxygens (including phenoxy) is 5. The van der Waals surface area contributed by atoms with E-state index in [4.69, 9.17) is 23.7 Å². The molecule has 6 rings (SSSR count). The van der Waals surface area contributed by atoms with Crippen LogP contribution in [0.25, 0.3) is 5.69 Å². The highest BCUT2D eigenvalue weighted by atomic mass is 16.7. The molecule has 0 bridgehead atoms. The zero-order chi connectivity index (χ0) is 56.2. The number of benzene rings is 1. The molecular formula is C57H96N8O11. The number of carbonyl (C=O) groups is 1. The van der Waals surface area contributed by atoms with Gasteiger partial charge in [0.05, 0.1) is 64.8 Å². The first-order chi connectivity index (χ1) is 35.5. The van der Waals surface area contributed by atoms with Crippen LogP contribution in [0.15, 0.2) is 36.7 Å². The summed E-state index contributed by atoms with van der Waals surface area (Å²) in [7, 11) is 5.37. The van der Waals surface area contributed by atoms with Crippen LogP contribution in [0.2, 0.25) is 0 Å². The van der Waals surface area contributed by atoms with Crippen molar-refractivity contribution in [2.45, 2.75) is 237 Å². The molecule has 0 radical (unpaired) electrons. The van der Waals surface area contributed by atoms with Crippen LogP contribution in [-0.2, 0) is 53.3 Å². The Morgan fingerprint density at radius 3 is 2.21 bits per heavy atom. The smallest absolute Gasteiger partial charge is 0.309 e. The van der Waals surface area contributed by atoms with Crippen LogP contribution in [0.5, 0.6) is 0 Å².